The normalized spacial score (nSPS) is 35.1. The van der Waals surface area contributed by atoms with Crippen LogP contribution < -0.4 is 5.73 Å². The summed E-state index contributed by atoms with van der Waals surface area (Å²) in [7, 11) is 1.57. The van der Waals surface area contributed by atoms with Crippen molar-refractivity contribution in [2.75, 3.05) is 7.11 Å². The zero-order valence-electron chi connectivity index (χ0n) is 8.56. The van der Waals surface area contributed by atoms with Crippen LogP contribution in [-0.4, -0.2) is 35.9 Å². The van der Waals surface area contributed by atoms with Crippen molar-refractivity contribution in [1.82, 2.24) is 5.01 Å². The number of methoxy groups -OCH3 is 1. The minimum Gasteiger partial charge on any atom is -0.482 e. The van der Waals surface area contributed by atoms with Gasteiger partial charge in [-0.15, -0.1) is 5.10 Å². The summed E-state index contributed by atoms with van der Waals surface area (Å²) in [4.78, 5) is 4.30. The molecule has 0 bridgehead atoms. The second-order valence-electron chi connectivity index (χ2n) is 3.72. The van der Waals surface area contributed by atoms with E-state index in [1.54, 1.807) is 18.3 Å². The van der Waals surface area contributed by atoms with Crippen LogP contribution in [0.5, 0.6) is 0 Å². The van der Waals surface area contributed by atoms with Gasteiger partial charge in [-0.3, -0.25) is 4.99 Å². The second-order valence-corrected chi connectivity index (χ2v) is 3.72. The first-order chi connectivity index (χ1) is 6.57. The van der Waals surface area contributed by atoms with E-state index in [0.29, 0.717) is 5.90 Å². The SMILES string of the molecule is COC1=NN2C(C)=CC=NC2C1(C)N. The number of nitrogens with two attached hydrogens (primary N) is 1. The third-order valence-electron chi connectivity index (χ3n) is 2.53. The van der Waals surface area contributed by atoms with E-state index < -0.39 is 5.54 Å². The molecule has 2 atom stereocenters. The van der Waals surface area contributed by atoms with Gasteiger partial charge in [-0.25, -0.2) is 5.01 Å². The molecule has 2 N–H and O–H groups in total. The van der Waals surface area contributed by atoms with Crippen LogP contribution in [0.3, 0.4) is 0 Å². The Kier molecular flexibility index (Phi) is 1.85. The summed E-state index contributed by atoms with van der Waals surface area (Å²) < 4.78 is 5.15. The van der Waals surface area contributed by atoms with Crippen LogP contribution in [0.25, 0.3) is 0 Å². The Morgan fingerprint density at radius 2 is 2.36 bits per heavy atom. The summed E-state index contributed by atoms with van der Waals surface area (Å²) in [6.07, 6.45) is 3.48. The average molecular weight is 194 g/mol. The second kappa shape index (κ2) is 2.81. The molecule has 2 aliphatic heterocycles. The monoisotopic (exact) mass is 194 g/mol. The number of nitrogens with zero attached hydrogens (tertiary/aromatic N) is 3. The van der Waals surface area contributed by atoms with Crippen molar-refractivity contribution < 1.29 is 4.74 Å². The van der Waals surface area contributed by atoms with Gasteiger partial charge in [-0.1, -0.05) is 0 Å². The number of hydrogen-bond acceptors (Lipinski definition) is 5. The van der Waals surface area contributed by atoms with E-state index in [1.807, 2.05) is 19.9 Å². The Morgan fingerprint density at radius 3 is 2.93 bits per heavy atom. The lowest BCUT2D eigenvalue weighted by Crippen LogP contribution is -2.54. The fourth-order valence-electron chi connectivity index (χ4n) is 1.68. The molecule has 0 amide bonds. The molecule has 0 aliphatic carbocycles. The molecule has 0 fully saturated rings. The van der Waals surface area contributed by atoms with Crippen LogP contribution in [0.1, 0.15) is 13.8 Å². The number of rotatable bonds is 0. The molecule has 0 saturated heterocycles. The highest BCUT2D eigenvalue weighted by Crippen LogP contribution is 2.30. The Balaban J connectivity index is 2.40. The van der Waals surface area contributed by atoms with Crippen molar-refractivity contribution in [2.45, 2.75) is 25.6 Å². The molecule has 0 saturated carbocycles. The highest BCUT2D eigenvalue weighted by molar-refractivity contribution is 5.89. The zero-order chi connectivity index (χ0) is 10.3. The lowest BCUT2D eigenvalue weighted by atomic mass is 10.00. The molecule has 0 spiro atoms. The number of aliphatic imine (C=N–C) groups is 1. The zero-order valence-corrected chi connectivity index (χ0v) is 8.56. The third-order valence-corrected chi connectivity index (χ3v) is 2.53. The molecule has 76 valence electrons. The van der Waals surface area contributed by atoms with Crippen molar-refractivity contribution in [3.05, 3.63) is 11.8 Å². The largest absolute Gasteiger partial charge is 0.482 e. The molecular weight excluding hydrogens is 180 g/mol. The van der Waals surface area contributed by atoms with E-state index >= 15 is 0 Å². The maximum absolute atomic E-state index is 6.11. The van der Waals surface area contributed by atoms with E-state index in [2.05, 4.69) is 10.1 Å². The third kappa shape index (κ3) is 1.05. The van der Waals surface area contributed by atoms with Gasteiger partial charge in [0.05, 0.1) is 7.11 Å². The number of fused-ring (bicyclic) bond motifs is 1. The van der Waals surface area contributed by atoms with Gasteiger partial charge < -0.3 is 10.5 Å². The van der Waals surface area contributed by atoms with E-state index in [4.69, 9.17) is 10.5 Å². The average Bonchev–Trinajstić information content (AvgIpc) is 2.40. The van der Waals surface area contributed by atoms with Crippen molar-refractivity contribution in [2.24, 2.45) is 15.8 Å². The summed E-state index contributed by atoms with van der Waals surface area (Å²) in [6.45, 7) is 3.84. The highest BCUT2D eigenvalue weighted by atomic mass is 16.5. The quantitative estimate of drug-likeness (QED) is 0.603. The molecule has 2 unspecified atom stereocenters. The Labute approximate surface area is 82.9 Å². The fourth-order valence-corrected chi connectivity index (χ4v) is 1.68. The topological polar surface area (TPSA) is 63.2 Å². The fraction of sp³-hybridized carbons (Fsp3) is 0.556. The van der Waals surface area contributed by atoms with E-state index in [9.17, 15) is 0 Å². The maximum Gasteiger partial charge on any atom is 0.230 e. The van der Waals surface area contributed by atoms with Gasteiger partial charge in [-0.05, 0) is 19.9 Å². The van der Waals surface area contributed by atoms with Gasteiger partial charge in [0, 0.05) is 11.9 Å². The van der Waals surface area contributed by atoms with Crippen LogP contribution in [0.2, 0.25) is 0 Å². The van der Waals surface area contributed by atoms with Crippen molar-refractivity contribution in [3.8, 4) is 0 Å². The minimum atomic E-state index is -0.652. The molecule has 2 rings (SSSR count). The first kappa shape index (κ1) is 9.21. The Bertz CT molecular complexity index is 343. The smallest absolute Gasteiger partial charge is 0.230 e. The molecule has 0 aromatic carbocycles. The molecule has 5 nitrogen and oxygen atoms in total. The summed E-state index contributed by atoms with van der Waals surface area (Å²) in [5.41, 5.74) is 6.48. The number of ether oxygens (including phenoxy) is 1. The highest BCUT2D eigenvalue weighted by Gasteiger charge is 2.47. The summed E-state index contributed by atoms with van der Waals surface area (Å²) >= 11 is 0. The van der Waals surface area contributed by atoms with Crippen LogP contribution >= 0.6 is 0 Å². The van der Waals surface area contributed by atoms with Gasteiger partial charge in [0.25, 0.3) is 0 Å². The predicted molar refractivity (Wildman–Crippen MR) is 54.9 cm³/mol. The van der Waals surface area contributed by atoms with Crippen LogP contribution in [0.15, 0.2) is 21.9 Å². The van der Waals surface area contributed by atoms with Gasteiger partial charge in [-0.2, -0.15) is 0 Å². The molecule has 0 aromatic heterocycles. The van der Waals surface area contributed by atoms with Gasteiger partial charge in [0.2, 0.25) is 5.90 Å². The van der Waals surface area contributed by atoms with E-state index in [1.165, 1.54) is 0 Å². The van der Waals surface area contributed by atoms with Gasteiger partial charge in [0.15, 0.2) is 6.17 Å². The van der Waals surface area contributed by atoms with Crippen molar-refractivity contribution in [3.63, 3.8) is 0 Å². The van der Waals surface area contributed by atoms with Crippen LogP contribution in [-0.2, 0) is 4.74 Å². The standard InChI is InChI=1S/C9H14N4O/c1-6-4-5-11-7-9(2,10)8(14-3)12-13(6)7/h4-5,7H,10H2,1-3H3. The lowest BCUT2D eigenvalue weighted by molar-refractivity contribution is 0.244. The van der Waals surface area contributed by atoms with Crippen LogP contribution in [0.4, 0.5) is 0 Å². The first-order valence-corrected chi connectivity index (χ1v) is 4.48. The molecule has 14 heavy (non-hydrogen) atoms. The Hall–Kier alpha value is -1.36. The molecular formula is C9H14N4O. The summed E-state index contributed by atoms with van der Waals surface area (Å²) in [5, 5.41) is 6.07. The first-order valence-electron chi connectivity index (χ1n) is 4.48. The van der Waals surface area contributed by atoms with Crippen LogP contribution in [0, 0.1) is 0 Å². The van der Waals surface area contributed by atoms with E-state index in [-0.39, 0.29) is 6.17 Å². The summed E-state index contributed by atoms with van der Waals surface area (Å²) in [6, 6.07) is 0. The summed E-state index contributed by atoms with van der Waals surface area (Å²) in [5.74, 6) is 0.523. The molecule has 2 aliphatic rings. The maximum atomic E-state index is 6.11. The number of hydrogen-bond donors (Lipinski definition) is 1. The lowest BCUT2D eigenvalue weighted by Gasteiger charge is -2.30. The molecule has 0 aromatic rings. The predicted octanol–water partition coefficient (Wildman–Crippen LogP) is 0.294. The minimum absolute atomic E-state index is 0.178. The van der Waals surface area contributed by atoms with Gasteiger partial charge in [0.1, 0.15) is 5.54 Å². The van der Waals surface area contributed by atoms with Crippen molar-refractivity contribution in [1.29, 1.82) is 0 Å². The van der Waals surface area contributed by atoms with E-state index in [0.717, 1.165) is 5.70 Å². The molecule has 2 heterocycles. The Morgan fingerprint density at radius 1 is 1.64 bits per heavy atom. The molecule has 0 radical (unpaired) electrons. The number of allylic oxidation sites excluding steroid dienone is 2. The van der Waals surface area contributed by atoms with Gasteiger partial charge >= 0.3 is 0 Å². The van der Waals surface area contributed by atoms with Crippen molar-refractivity contribution >= 4 is 12.1 Å². The number of hydrazone groups is 1. The molecule has 5 heteroatoms.